The molecule has 1 rings (SSSR count). The number of ether oxygens (including phenoxy) is 1. The van der Waals surface area contributed by atoms with Gasteiger partial charge in [0.15, 0.2) is 6.61 Å². The summed E-state index contributed by atoms with van der Waals surface area (Å²) in [6.07, 6.45) is 2.20. The van der Waals surface area contributed by atoms with Crippen molar-refractivity contribution in [1.29, 1.82) is 0 Å². The van der Waals surface area contributed by atoms with E-state index in [4.69, 9.17) is 10.5 Å². The lowest BCUT2D eigenvalue weighted by atomic mass is 10.2. The minimum absolute atomic E-state index is 0.200. The normalized spacial score (nSPS) is 11.2. The molecule has 0 aliphatic rings. The quantitative estimate of drug-likeness (QED) is 0.468. The predicted molar refractivity (Wildman–Crippen MR) is 99.8 cm³/mol. The van der Waals surface area contributed by atoms with Gasteiger partial charge in [0.1, 0.15) is 6.04 Å². The van der Waals surface area contributed by atoms with Crippen LogP contribution in [0.2, 0.25) is 0 Å². The molecule has 0 fully saturated rings. The fraction of sp³-hybridized carbons (Fsp3) is 0.375. The number of carbonyl (C=O) groups is 4. The van der Waals surface area contributed by atoms with Gasteiger partial charge in [-0.2, -0.15) is 11.8 Å². The van der Waals surface area contributed by atoms with E-state index in [0.717, 1.165) is 0 Å². The van der Waals surface area contributed by atoms with Crippen molar-refractivity contribution in [2.45, 2.75) is 19.4 Å². The lowest BCUT2D eigenvalue weighted by Gasteiger charge is -2.16. The molecular formula is C16H22N4O5S. The van der Waals surface area contributed by atoms with Gasteiger partial charge in [0.05, 0.1) is 0 Å². The third-order valence-electron chi connectivity index (χ3n) is 3.05. The summed E-state index contributed by atoms with van der Waals surface area (Å²) in [4.78, 5) is 45.7. The van der Waals surface area contributed by atoms with E-state index in [1.54, 1.807) is 24.3 Å². The third kappa shape index (κ3) is 8.38. The number of hydrogen-bond acceptors (Lipinski definition) is 6. The molecule has 4 amide bonds. The van der Waals surface area contributed by atoms with E-state index in [1.807, 2.05) is 6.26 Å². The van der Waals surface area contributed by atoms with Crippen LogP contribution < -0.4 is 21.7 Å². The van der Waals surface area contributed by atoms with Crippen molar-refractivity contribution >= 4 is 47.0 Å². The molecule has 0 unspecified atom stereocenters. The van der Waals surface area contributed by atoms with Crippen LogP contribution in [0.25, 0.3) is 0 Å². The lowest BCUT2D eigenvalue weighted by Crippen LogP contribution is -2.45. The summed E-state index contributed by atoms with van der Waals surface area (Å²) in [5, 5.41) is 7.45. The highest BCUT2D eigenvalue weighted by Gasteiger charge is 2.21. The van der Waals surface area contributed by atoms with E-state index in [1.165, 1.54) is 18.7 Å². The Balaban J connectivity index is 2.49. The van der Waals surface area contributed by atoms with Gasteiger partial charge in [-0.1, -0.05) is 0 Å². The molecule has 26 heavy (non-hydrogen) atoms. The van der Waals surface area contributed by atoms with Crippen molar-refractivity contribution in [1.82, 2.24) is 5.32 Å². The van der Waals surface area contributed by atoms with Crippen molar-refractivity contribution in [3.8, 4) is 0 Å². The second-order valence-corrected chi connectivity index (χ2v) is 6.24. The summed E-state index contributed by atoms with van der Waals surface area (Å²) >= 11 is 1.50. The van der Waals surface area contributed by atoms with Gasteiger partial charge in [0.25, 0.3) is 5.91 Å². The number of amides is 4. The number of hydrogen-bond donors (Lipinski definition) is 4. The van der Waals surface area contributed by atoms with Crippen LogP contribution in [0.15, 0.2) is 24.3 Å². The summed E-state index contributed by atoms with van der Waals surface area (Å²) in [6.45, 7) is 0.895. The predicted octanol–water partition coefficient (Wildman–Crippen LogP) is 0.917. The average molecular weight is 382 g/mol. The minimum atomic E-state index is -0.898. The van der Waals surface area contributed by atoms with Crippen molar-refractivity contribution in [2.24, 2.45) is 5.73 Å². The fourth-order valence-corrected chi connectivity index (χ4v) is 2.40. The molecule has 0 saturated carbocycles. The van der Waals surface area contributed by atoms with Crippen LogP contribution in [0.3, 0.4) is 0 Å². The lowest BCUT2D eigenvalue weighted by molar-refractivity contribution is -0.149. The molecule has 1 atom stereocenters. The molecule has 0 spiro atoms. The first-order valence-electron chi connectivity index (χ1n) is 7.71. The molecule has 0 heterocycles. The molecule has 9 nitrogen and oxygen atoms in total. The Hall–Kier alpha value is -2.75. The molecule has 0 aliphatic carbocycles. The maximum Gasteiger partial charge on any atom is 0.329 e. The molecule has 10 heteroatoms. The number of esters is 1. The van der Waals surface area contributed by atoms with E-state index < -0.39 is 30.6 Å². The summed E-state index contributed by atoms with van der Waals surface area (Å²) in [7, 11) is 0. The zero-order valence-corrected chi connectivity index (χ0v) is 15.4. The SMILES string of the molecule is CSCC[C@@H](NC(N)=O)C(=O)OCC(=O)Nc1ccc(NC(C)=O)cc1. The smallest absolute Gasteiger partial charge is 0.329 e. The number of urea groups is 1. The molecule has 1 aromatic rings. The highest BCUT2D eigenvalue weighted by Crippen LogP contribution is 2.13. The number of anilines is 2. The van der Waals surface area contributed by atoms with Crippen LogP contribution in [0, 0.1) is 0 Å². The molecule has 0 aromatic heterocycles. The van der Waals surface area contributed by atoms with Crippen LogP contribution in [0.1, 0.15) is 13.3 Å². The number of rotatable bonds is 9. The van der Waals surface area contributed by atoms with Crippen molar-refractivity contribution in [3.05, 3.63) is 24.3 Å². The molecule has 0 aliphatic heterocycles. The topological polar surface area (TPSA) is 140 Å². The first-order valence-corrected chi connectivity index (χ1v) is 9.10. The Morgan fingerprint density at radius 2 is 1.69 bits per heavy atom. The Morgan fingerprint density at radius 3 is 2.19 bits per heavy atom. The number of nitrogens with two attached hydrogens (primary N) is 1. The maximum atomic E-state index is 12.0. The molecule has 142 valence electrons. The molecular weight excluding hydrogens is 360 g/mol. The van der Waals surface area contributed by atoms with Crippen LogP contribution in [-0.4, -0.2) is 48.5 Å². The van der Waals surface area contributed by atoms with Gasteiger partial charge in [-0.3, -0.25) is 9.59 Å². The van der Waals surface area contributed by atoms with Crippen LogP contribution in [0.4, 0.5) is 16.2 Å². The van der Waals surface area contributed by atoms with Crippen molar-refractivity contribution in [2.75, 3.05) is 29.2 Å². The fourth-order valence-electron chi connectivity index (χ4n) is 1.93. The van der Waals surface area contributed by atoms with Crippen LogP contribution in [-0.2, 0) is 19.1 Å². The summed E-state index contributed by atoms with van der Waals surface area (Å²) in [5.74, 6) is -0.844. The molecule has 0 radical (unpaired) electrons. The van der Waals surface area contributed by atoms with E-state index in [9.17, 15) is 19.2 Å². The maximum absolute atomic E-state index is 12.0. The average Bonchev–Trinajstić information content (AvgIpc) is 2.57. The van der Waals surface area contributed by atoms with Gasteiger partial charge in [-0.15, -0.1) is 0 Å². The highest BCUT2D eigenvalue weighted by atomic mass is 32.2. The Labute approximate surface area is 155 Å². The zero-order valence-electron chi connectivity index (χ0n) is 14.5. The Bertz CT molecular complexity index is 651. The zero-order chi connectivity index (χ0) is 19.5. The highest BCUT2D eigenvalue weighted by molar-refractivity contribution is 7.98. The number of benzene rings is 1. The van der Waals surface area contributed by atoms with E-state index in [-0.39, 0.29) is 5.91 Å². The summed E-state index contributed by atoms with van der Waals surface area (Å²) in [5.41, 5.74) is 6.11. The minimum Gasteiger partial charge on any atom is -0.454 e. The third-order valence-corrected chi connectivity index (χ3v) is 3.69. The largest absolute Gasteiger partial charge is 0.454 e. The molecule has 1 aromatic carbocycles. The van der Waals surface area contributed by atoms with Gasteiger partial charge in [0.2, 0.25) is 5.91 Å². The van der Waals surface area contributed by atoms with E-state index in [2.05, 4.69) is 16.0 Å². The number of nitrogens with one attached hydrogen (secondary N) is 3. The van der Waals surface area contributed by atoms with Crippen LogP contribution in [0.5, 0.6) is 0 Å². The van der Waals surface area contributed by atoms with E-state index >= 15 is 0 Å². The monoisotopic (exact) mass is 382 g/mol. The number of thioether (sulfide) groups is 1. The standard InChI is InChI=1S/C16H22N4O5S/c1-10(21)18-11-3-5-12(6-4-11)19-14(22)9-25-15(23)13(7-8-26-2)20-16(17)24/h3-6,13H,7-9H2,1-2H3,(H,18,21)(H,19,22)(H3,17,20,24)/t13-/m1/s1. The summed E-state index contributed by atoms with van der Waals surface area (Å²) in [6, 6.07) is 4.71. The van der Waals surface area contributed by atoms with Crippen LogP contribution >= 0.6 is 11.8 Å². The van der Waals surface area contributed by atoms with Gasteiger partial charge < -0.3 is 26.4 Å². The van der Waals surface area contributed by atoms with Crippen molar-refractivity contribution < 1.29 is 23.9 Å². The first kappa shape index (κ1) is 21.3. The molecule has 0 bridgehead atoms. The van der Waals surface area contributed by atoms with Crippen molar-refractivity contribution in [3.63, 3.8) is 0 Å². The number of primary amides is 1. The Morgan fingerprint density at radius 1 is 1.12 bits per heavy atom. The van der Waals surface area contributed by atoms with Gasteiger partial charge in [-0.05, 0) is 42.7 Å². The number of carbonyl (C=O) groups excluding carboxylic acids is 4. The second-order valence-electron chi connectivity index (χ2n) is 5.26. The summed E-state index contributed by atoms with van der Waals surface area (Å²) < 4.78 is 4.92. The first-order chi connectivity index (χ1) is 12.3. The van der Waals surface area contributed by atoms with Gasteiger partial charge in [0, 0.05) is 18.3 Å². The molecule has 0 saturated heterocycles. The van der Waals surface area contributed by atoms with Gasteiger partial charge in [-0.25, -0.2) is 9.59 Å². The molecule has 5 N–H and O–H groups in total. The van der Waals surface area contributed by atoms with E-state index in [0.29, 0.717) is 23.5 Å². The second kappa shape index (κ2) is 11.0. The van der Waals surface area contributed by atoms with Gasteiger partial charge >= 0.3 is 12.0 Å². The Kier molecular flexibility index (Phi) is 8.99.